The molecule has 5 nitrogen and oxygen atoms in total. The summed E-state index contributed by atoms with van der Waals surface area (Å²) in [5.74, 6) is -1.73. The second-order valence-electron chi connectivity index (χ2n) is 8.20. The third kappa shape index (κ3) is 2.68. The van der Waals surface area contributed by atoms with E-state index in [2.05, 4.69) is 13.5 Å². The molecule has 0 amide bonds. The summed E-state index contributed by atoms with van der Waals surface area (Å²) in [5.41, 5.74) is 0.255. The minimum Gasteiger partial charge on any atom is -0.466 e. The van der Waals surface area contributed by atoms with Crippen LogP contribution in [0.3, 0.4) is 0 Å². The monoisotopic (exact) mass is 348 g/mol. The van der Waals surface area contributed by atoms with Gasteiger partial charge in [0.25, 0.3) is 0 Å². The molecule has 0 aromatic carbocycles. The molecule has 25 heavy (non-hydrogen) atoms. The van der Waals surface area contributed by atoms with Crippen molar-refractivity contribution in [3.05, 3.63) is 23.8 Å². The van der Waals surface area contributed by atoms with Gasteiger partial charge in [0.05, 0.1) is 12.7 Å². The largest absolute Gasteiger partial charge is 0.466 e. The first-order valence-corrected chi connectivity index (χ1v) is 9.06. The van der Waals surface area contributed by atoms with Crippen LogP contribution in [0.4, 0.5) is 0 Å². The molecule has 5 atom stereocenters. The zero-order chi connectivity index (χ0) is 18.5. The number of hydrogen-bond donors (Lipinski definition) is 1. The Hall–Kier alpha value is -1.46. The predicted octanol–water partition coefficient (Wildman–Crippen LogP) is 2.92. The zero-order valence-electron chi connectivity index (χ0n) is 15.3. The van der Waals surface area contributed by atoms with E-state index in [9.17, 15) is 14.7 Å². The van der Waals surface area contributed by atoms with E-state index in [1.807, 2.05) is 6.92 Å². The van der Waals surface area contributed by atoms with E-state index in [-0.39, 0.29) is 17.3 Å². The molecule has 0 aromatic rings. The topological polar surface area (TPSA) is 72.8 Å². The van der Waals surface area contributed by atoms with Gasteiger partial charge in [-0.15, -0.1) is 6.58 Å². The van der Waals surface area contributed by atoms with E-state index in [1.165, 1.54) is 7.11 Å². The molecule has 5 heteroatoms. The summed E-state index contributed by atoms with van der Waals surface area (Å²) in [6.07, 6.45) is 6.48. The number of aliphatic hydroxyl groups is 1. The van der Waals surface area contributed by atoms with Crippen molar-refractivity contribution in [2.24, 2.45) is 17.3 Å². The molecular weight excluding hydrogens is 320 g/mol. The number of rotatable bonds is 3. The second-order valence-corrected chi connectivity index (χ2v) is 8.20. The van der Waals surface area contributed by atoms with Gasteiger partial charge >= 0.3 is 5.97 Å². The van der Waals surface area contributed by atoms with Crippen molar-refractivity contribution in [1.29, 1.82) is 0 Å². The Morgan fingerprint density at radius 3 is 2.64 bits per heavy atom. The summed E-state index contributed by atoms with van der Waals surface area (Å²) in [6.45, 7) is 7.93. The number of carbonyl (C=O) groups excluding carboxylic acids is 2. The molecule has 1 saturated heterocycles. The van der Waals surface area contributed by atoms with E-state index in [0.717, 1.165) is 25.5 Å². The average molecular weight is 348 g/mol. The van der Waals surface area contributed by atoms with Crippen LogP contribution >= 0.6 is 0 Å². The summed E-state index contributed by atoms with van der Waals surface area (Å²) >= 11 is 0. The Labute approximate surface area is 149 Å². The van der Waals surface area contributed by atoms with E-state index >= 15 is 0 Å². The van der Waals surface area contributed by atoms with E-state index < -0.39 is 17.4 Å². The van der Waals surface area contributed by atoms with Gasteiger partial charge in [0.15, 0.2) is 5.79 Å². The molecule has 2 fully saturated rings. The molecular formula is C20H28O5. The number of allylic oxidation sites excluding steroid dienone is 1. The number of hydrogen-bond acceptors (Lipinski definition) is 5. The minimum atomic E-state index is -1.21. The van der Waals surface area contributed by atoms with Crippen molar-refractivity contribution in [2.75, 3.05) is 7.11 Å². The molecule has 3 aliphatic rings. The van der Waals surface area contributed by atoms with Gasteiger partial charge in [0.2, 0.25) is 0 Å². The number of carbonyl (C=O) groups is 2. The minimum absolute atomic E-state index is 0.0465. The van der Waals surface area contributed by atoms with Gasteiger partial charge in [-0.1, -0.05) is 13.0 Å². The Morgan fingerprint density at radius 2 is 2.04 bits per heavy atom. The van der Waals surface area contributed by atoms with Crippen molar-refractivity contribution in [3.63, 3.8) is 0 Å². The van der Waals surface area contributed by atoms with Crippen molar-refractivity contribution >= 4 is 12.3 Å². The molecule has 1 aliphatic heterocycles. The Kier molecular flexibility index (Phi) is 4.44. The Bertz CT molecular complexity index is 638. The molecule has 0 bridgehead atoms. The van der Waals surface area contributed by atoms with Crippen LogP contribution in [0, 0.1) is 17.3 Å². The standard InChI is InChI=1S/C20H28O5/c1-5-18(2)9-8-16-19(3)10-6-13(17(22)24-4)14(12-21)15(19)7-11-20(16,23)25-18/h5,12,15-16,23H,1,6-11H2,2-4H3/t15?,16-,18+,19+,20-/m1/s1. The molecule has 0 aromatic heterocycles. The first kappa shape index (κ1) is 18.3. The zero-order valence-corrected chi connectivity index (χ0v) is 15.3. The predicted molar refractivity (Wildman–Crippen MR) is 92.5 cm³/mol. The first-order valence-electron chi connectivity index (χ1n) is 9.06. The van der Waals surface area contributed by atoms with Gasteiger partial charge < -0.3 is 14.6 Å². The van der Waals surface area contributed by atoms with E-state index in [4.69, 9.17) is 9.47 Å². The molecule has 1 saturated carbocycles. The van der Waals surface area contributed by atoms with Crippen LogP contribution in [0.1, 0.15) is 52.4 Å². The molecule has 1 unspecified atom stereocenters. The van der Waals surface area contributed by atoms with Gasteiger partial charge in [-0.25, -0.2) is 4.79 Å². The average Bonchev–Trinajstić information content (AvgIpc) is 2.58. The highest BCUT2D eigenvalue weighted by Gasteiger charge is 2.61. The quantitative estimate of drug-likeness (QED) is 0.482. The molecule has 0 radical (unpaired) electrons. The molecule has 2 aliphatic carbocycles. The van der Waals surface area contributed by atoms with Crippen LogP contribution in [0.2, 0.25) is 0 Å². The fourth-order valence-electron chi connectivity index (χ4n) is 5.42. The van der Waals surface area contributed by atoms with Gasteiger partial charge in [0, 0.05) is 23.5 Å². The molecule has 1 heterocycles. The fourth-order valence-corrected chi connectivity index (χ4v) is 5.42. The SMILES string of the molecule is C=C[C@@]1(C)CC[C@H]2[C@@](O)(CCC3C(C=O)=C(C(=O)OC)CC[C@@]32C)O1. The number of methoxy groups -OCH3 is 1. The third-order valence-corrected chi connectivity index (χ3v) is 6.90. The highest BCUT2D eigenvalue weighted by atomic mass is 16.6. The maximum atomic E-state index is 12.1. The molecule has 1 N–H and O–H groups in total. The van der Waals surface area contributed by atoms with Crippen LogP contribution in [0.15, 0.2) is 23.8 Å². The van der Waals surface area contributed by atoms with Crippen LogP contribution in [-0.4, -0.2) is 35.9 Å². The Balaban J connectivity index is 1.99. The smallest absolute Gasteiger partial charge is 0.334 e. The van der Waals surface area contributed by atoms with Gasteiger partial charge in [0.1, 0.15) is 6.29 Å². The highest BCUT2D eigenvalue weighted by molar-refractivity contribution is 5.96. The molecule has 3 rings (SSSR count). The van der Waals surface area contributed by atoms with Gasteiger partial charge in [-0.2, -0.15) is 0 Å². The van der Waals surface area contributed by atoms with Crippen molar-refractivity contribution in [1.82, 2.24) is 0 Å². The van der Waals surface area contributed by atoms with Crippen molar-refractivity contribution < 1.29 is 24.2 Å². The number of esters is 1. The number of aldehydes is 1. The van der Waals surface area contributed by atoms with Gasteiger partial charge in [-0.05, 0) is 50.4 Å². The maximum Gasteiger partial charge on any atom is 0.334 e. The maximum absolute atomic E-state index is 12.1. The lowest BCUT2D eigenvalue weighted by Crippen LogP contribution is -2.62. The van der Waals surface area contributed by atoms with Crippen LogP contribution in [0.25, 0.3) is 0 Å². The lowest BCUT2D eigenvalue weighted by molar-refractivity contribution is -0.339. The lowest BCUT2D eigenvalue weighted by Gasteiger charge is -2.60. The summed E-state index contributed by atoms with van der Waals surface area (Å²) in [7, 11) is 1.34. The van der Waals surface area contributed by atoms with E-state index in [1.54, 1.807) is 6.08 Å². The van der Waals surface area contributed by atoms with Crippen molar-refractivity contribution in [2.45, 2.75) is 63.8 Å². The summed E-state index contributed by atoms with van der Waals surface area (Å²) in [5, 5.41) is 11.3. The van der Waals surface area contributed by atoms with Crippen LogP contribution in [0.5, 0.6) is 0 Å². The lowest BCUT2D eigenvalue weighted by atomic mass is 9.50. The second kappa shape index (κ2) is 6.06. The van der Waals surface area contributed by atoms with Crippen molar-refractivity contribution in [3.8, 4) is 0 Å². The number of ether oxygens (including phenoxy) is 2. The summed E-state index contributed by atoms with van der Waals surface area (Å²) in [6, 6.07) is 0. The molecule has 138 valence electrons. The van der Waals surface area contributed by atoms with Gasteiger partial charge in [-0.3, -0.25) is 4.79 Å². The fraction of sp³-hybridized carbons (Fsp3) is 0.700. The van der Waals surface area contributed by atoms with Crippen LogP contribution < -0.4 is 0 Å². The first-order chi connectivity index (χ1) is 11.7. The summed E-state index contributed by atoms with van der Waals surface area (Å²) in [4.78, 5) is 23.9. The normalized spacial score (nSPS) is 43.7. The number of fused-ring (bicyclic) bond motifs is 3. The summed E-state index contributed by atoms with van der Waals surface area (Å²) < 4.78 is 11.0. The van der Waals surface area contributed by atoms with E-state index in [0.29, 0.717) is 30.4 Å². The molecule has 0 spiro atoms. The highest BCUT2D eigenvalue weighted by Crippen LogP contribution is 2.61. The Morgan fingerprint density at radius 1 is 1.32 bits per heavy atom. The third-order valence-electron chi connectivity index (χ3n) is 6.90. The van der Waals surface area contributed by atoms with Crippen LogP contribution in [-0.2, 0) is 19.1 Å².